The first-order valence-electron chi connectivity index (χ1n) is 13.6. The number of aryl methyl sites for hydroxylation is 2. The molecule has 0 aliphatic carbocycles. The van der Waals surface area contributed by atoms with E-state index in [2.05, 4.69) is 60.9 Å². The third kappa shape index (κ3) is 7.18. The Kier molecular flexibility index (Phi) is 9.50. The topological polar surface area (TPSA) is 135 Å². The number of hydrogen-bond acceptors (Lipinski definition) is 7. The minimum Gasteiger partial charge on any atom is -0.449 e. The maximum atomic E-state index is 13.0. The molecule has 2 saturated heterocycles. The summed E-state index contributed by atoms with van der Waals surface area (Å²) in [6.07, 6.45) is 1.23. The molecule has 2 heterocycles. The number of carbonyl (C=O) groups is 2. The van der Waals surface area contributed by atoms with Crippen molar-refractivity contribution >= 4 is 19.8 Å². The lowest BCUT2D eigenvalue weighted by molar-refractivity contribution is -0.130. The fraction of sp³-hybridized carbons (Fsp3) is 0.517. The van der Waals surface area contributed by atoms with E-state index in [1.54, 1.807) is 0 Å². The minimum atomic E-state index is -4.58. The Morgan fingerprint density at radius 1 is 1.07 bits per heavy atom. The van der Waals surface area contributed by atoms with E-state index in [-0.39, 0.29) is 38.1 Å². The van der Waals surface area contributed by atoms with Gasteiger partial charge in [-0.2, -0.15) is 0 Å². The van der Waals surface area contributed by atoms with E-state index in [9.17, 15) is 14.2 Å². The van der Waals surface area contributed by atoms with Crippen LogP contribution < -0.4 is 5.32 Å². The molecule has 10 nitrogen and oxygen atoms in total. The van der Waals surface area contributed by atoms with Crippen molar-refractivity contribution in [3.8, 4) is 0 Å². The highest BCUT2D eigenvalue weighted by Crippen LogP contribution is 2.43. The smallest absolute Gasteiger partial charge is 0.449 e. The summed E-state index contributed by atoms with van der Waals surface area (Å²) >= 11 is 0. The Hall–Kier alpha value is -2.59. The molecule has 0 bridgehead atoms. The molecule has 0 unspecified atom stereocenters. The average Bonchev–Trinajstić information content (AvgIpc) is 3.23. The number of imide groups is 1. The fourth-order valence-electron chi connectivity index (χ4n) is 5.77. The molecule has 40 heavy (non-hydrogen) atoms. The highest BCUT2D eigenvalue weighted by molar-refractivity contribution is 7.46. The first-order chi connectivity index (χ1) is 18.9. The normalized spacial score (nSPS) is 23.9. The second-order valence-electron chi connectivity index (χ2n) is 10.9. The molecule has 0 saturated carbocycles. The molecular formula is C29H39N2O8P. The molecule has 4 rings (SSSR count). The molecule has 2 aliphatic rings. The van der Waals surface area contributed by atoms with Crippen molar-refractivity contribution in [1.82, 2.24) is 10.2 Å². The standard InChI is InChI=1S/C29H39N2O8P/c1-21-16-22(2)18-24(17-21)23(3)38-20-29(25-8-5-4-6-9-25)13-12-28(19-30-29)11-10-26(32)31(28)27(33)37-14-7-15-39-40(34,35)36/h4-6,8-9,16-18,23,30H,7,10-15,19-20H2,1-3H3,(H2,34,35,36)/t23-,28-,29-/m1/s1. The Labute approximate surface area is 235 Å². The predicted molar refractivity (Wildman–Crippen MR) is 148 cm³/mol. The van der Waals surface area contributed by atoms with Crippen LogP contribution in [0.25, 0.3) is 0 Å². The molecule has 1 spiro atoms. The van der Waals surface area contributed by atoms with Gasteiger partial charge in [0.1, 0.15) is 0 Å². The first-order valence-corrected chi connectivity index (χ1v) is 15.2. The fourth-order valence-corrected chi connectivity index (χ4v) is 6.14. The SMILES string of the molecule is Cc1cc(C)cc([C@@H](C)OC[C@@]2(c3ccccc3)CC[C@]3(CCC(=O)N3C(=O)OCCCOP(=O)(O)O)CN2)c1. The molecule has 2 aromatic rings. The lowest BCUT2D eigenvalue weighted by atomic mass is 9.75. The third-order valence-electron chi connectivity index (χ3n) is 7.88. The molecule has 218 valence electrons. The lowest BCUT2D eigenvalue weighted by Gasteiger charge is -2.48. The number of likely N-dealkylation sites (tertiary alicyclic amines) is 1. The zero-order valence-electron chi connectivity index (χ0n) is 23.3. The van der Waals surface area contributed by atoms with Crippen molar-refractivity contribution in [2.24, 2.45) is 0 Å². The summed E-state index contributed by atoms with van der Waals surface area (Å²) < 4.78 is 27.0. The zero-order chi connectivity index (χ0) is 29.0. The Bertz CT molecular complexity index is 1220. The average molecular weight is 575 g/mol. The van der Waals surface area contributed by atoms with E-state index in [4.69, 9.17) is 19.3 Å². The van der Waals surface area contributed by atoms with Crippen LogP contribution in [0, 0.1) is 13.8 Å². The quantitative estimate of drug-likeness (QED) is 0.274. The third-order valence-corrected chi connectivity index (χ3v) is 8.40. The van der Waals surface area contributed by atoms with Gasteiger partial charge in [0.25, 0.3) is 0 Å². The van der Waals surface area contributed by atoms with Gasteiger partial charge < -0.3 is 24.6 Å². The predicted octanol–water partition coefficient (Wildman–Crippen LogP) is 4.66. The van der Waals surface area contributed by atoms with Gasteiger partial charge in [0.15, 0.2) is 0 Å². The number of nitrogens with zero attached hydrogens (tertiary/aromatic N) is 1. The maximum absolute atomic E-state index is 13.0. The van der Waals surface area contributed by atoms with Crippen LogP contribution in [-0.2, 0) is 28.9 Å². The first kappa shape index (κ1) is 30.4. The summed E-state index contributed by atoms with van der Waals surface area (Å²) in [4.78, 5) is 44.6. The van der Waals surface area contributed by atoms with Gasteiger partial charge in [-0.25, -0.2) is 14.3 Å². The number of amides is 2. The van der Waals surface area contributed by atoms with Crippen molar-refractivity contribution in [2.45, 2.75) is 70.1 Å². The van der Waals surface area contributed by atoms with Gasteiger partial charge >= 0.3 is 13.9 Å². The number of piperidine rings is 1. The molecule has 3 atom stereocenters. The minimum absolute atomic E-state index is 0.0945. The number of phosphoric acid groups is 1. The molecular weight excluding hydrogens is 535 g/mol. The zero-order valence-corrected chi connectivity index (χ0v) is 24.2. The van der Waals surface area contributed by atoms with Gasteiger partial charge in [-0.05, 0) is 51.2 Å². The van der Waals surface area contributed by atoms with Crippen molar-refractivity contribution in [3.63, 3.8) is 0 Å². The van der Waals surface area contributed by atoms with E-state index in [0.29, 0.717) is 32.4 Å². The Morgan fingerprint density at radius 3 is 2.40 bits per heavy atom. The van der Waals surface area contributed by atoms with Crippen LogP contribution in [0.4, 0.5) is 4.79 Å². The Balaban J connectivity index is 1.45. The number of rotatable bonds is 10. The second-order valence-corrected chi connectivity index (χ2v) is 12.2. The highest BCUT2D eigenvalue weighted by Gasteiger charge is 2.54. The second kappa shape index (κ2) is 12.5. The van der Waals surface area contributed by atoms with Crippen molar-refractivity contribution in [1.29, 1.82) is 0 Å². The van der Waals surface area contributed by atoms with Crippen molar-refractivity contribution < 1.29 is 37.9 Å². The van der Waals surface area contributed by atoms with Crippen LogP contribution in [0.1, 0.15) is 67.4 Å². The summed E-state index contributed by atoms with van der Waals surface area (Å²) in [6, 6.07) is 16.5. The van der Waals surface area contributed by atoms with E-state index in [1.165, 1.54) is 16.0 Å². The summed E-state index contributed by atoms with van der Waals surface area (Å²) in [5.41, 5.74) is 3.37. The molecule has 0 radical (unpaired) electrons. The van der Waals surface area contributed by atoms with Crippen LogP contribution in [0.15, 0.2) is 48.5 Å². The number of ether oxygens (including phenoxy) is 2. The number of carbonyl (C=O) groups excluding carboxylic acids is 2. The number of phosphoric ester groups is 1. The maximum Gasteiger partial charge on any atom is 0.469 e. The van der Waals surface area contributed by atoms with E-state index < -0.39 is 25.0 Å². The van der Waals surface area contributed by atoms with Gasteiger partial charge in [0.05, 0.1) is 37.0 Å². The van der Waals surface area contributed by atoms with Gasteiger partial charge in [-0.3, -0.25) is 9.32 Å². The molecule has 3 N–H and O–H groups in total. The molecule has 2 amide bonds. The van der Waals surface area contributed by atoms with E-state index >= 15 is 0 Å². The van der Waals surface area contributed by atoms with Crippen LogP contribution in [-0.4, -0.2) is 58.6 Å². The molecule has 11 heteroatoms. The van der Waals surface area contributed by atoms with Crippen LogP contribution in [0.3, 0.4) is 0 Å². The van der Waals surface area contributed by atoms with Crippen LogP contribution >= 0.6 is 7.82 Å². The number of benzene rings is 2. The van der Waals surface area contributed by atoms with Crippen molar-refractivity contribution in [3.05, 3.63) is 70.8 Å². The van der Waals surface area contributed by atoms with Gasteiger partial charge in [-0.1, -0.05) is 59.7 Å². The van der Waals surface area contributed by atoms with Crippen LogP contribution in [0.2, 0.25) is 0 Å². The molecule has 2 fully saturated rings. The Morgan fingerprint density at radius 2 is 1.77 bits per heavy atom. The monoisotopic (exact) mass is 574 g/mol. The summed E-state index contributed by atoms with van der Waals surface area (Å²) in [6.45, 7) is 6.63. The summed E-state index contributed by atoms with van der Waals surface area (Å²) in [7, 11) is -4.58. The molecule has 2 aliphatic heterocycles. The van der Waals surface area contributed by atoms with Gasteiger partial charge in [0, 0.05) is 19.4 Å². The number of nitrogens with one attached hydrogen (secondary N) is 1. The van der Waals surface area contributed by atoms with Gasteiger partial charge in [0.2, 0.25) is 5.91 Å². The summed E-state index contributed by atoms with van der Waals surface area (Å²) in [5, 5.41) is 3.68. The van der Waals surface area contributed by atoms with E-state index in [1.807, 2.05) is 18.2 Å². The van der Waals surface area contributed by atoms with Crippen molar-refractivity contribution in [2.75, 3.05) is 26.4 Å². The van der Waals surface area contributed by atoms with E-state index in [0.717, 1.165) is 11.1 Å². The highest BCUT2D eigenvalue weighted by atomic mass is 31.2. The lowest BCUT2D eigenvalue weighted by Crippen LogP contribution is -2.63. The number of hydrogen-bond donors (Lipinski definition) is 3. The largest absolute Gasteiger partial charge is 0.469 e. The molecule has 0 aromatic heterocycles. The van der Waals surface area contributed by atoms with Crippen LogP contribution in [0.5, 0.6) is 0 Å². The molecule has 2 aromatic carbocycles. The summed E-state index contributed by atoms with van der Waals surface area (Å²) in [5.74, 6) is -0.287. The van der Waals surface area contributed by atoms with Gasteiger partial charge in [-0.15, -0.1) is 0 Å².